The number of benzene rings is 3. The van der Waals surface area contributed by atoms with Crippen LogP contribution in [0, 0.1) is 12.7 Å². The summed E-state index contributed by atoms with van der Waals surface area (Å²) in [5, 5.41) is 14.2. The molecule has 3 heterocycles. The number of alkyl halides is 1. The van der Waals surface area contributed by atoms with Gasteiger partial charge in [-0.25, -0.2) is 18.7 Å². The Morgan fingerprint density at radius 3 is 2.48 bits per heavy atom. The highest BCUT2D eigenvalue weighted by molar-refractivity contribution is 6.33. The topological polar surface area (TPSA) is 117 Å². The van der Waals surface area contributed by atoms with Crippen molar-refractivity contribution >= 4 is 45.8 Å². The van der Waals surface area contributed by atoms with Gasteiger partial charge in [0.15, 0.2) is 11.6 Å². The number of phenolic OH excluding ortho intramolecular Hbond substituents is 1. The standard InChI is InChI=1S/C34H28ClF2N5O4/c1-18(43)26-16-41(29-12-31(44)24(11-25(26)29)20-13-38-19(2)39-14-20)17-32(45)42-15-21(36)10-30(42)34(46)40-28-9-5-7-23(33(28)37)22-6-3-4-8-27(22)35/h3-9,11-14,16,21,30,44H,10,15,17H2,1-2H3,(H,40,46)/t21-,30+/m1/s1. The molecule has 2 aromatic heterocycles. The predicted molar refractivity (Wildman–Crippen MR) is 170 cm³/mol. The van der Waals surface area contributed by atoms with Gasteiger partial charge < -0.3 is 19.9 Å². The quantitative estimate of drug-likeness (QED) is 0.200. The van der Waals surface area contributed by atoms with E-state index in [4.69, 9.17) is 11.6 Å². The number of aromatic nitrogens is 3. The van der Waals surface area contributed by atoms with Gasteiger partial charge in [0, 0.05) is 69.3 Å². The molecule has 5 aromatic rings. The van der Waals surface area contributed by atoms with Gasteiger partial charge in [0.05, 0.1) is 17.7 Å². The molecule has 234 valence electrons. The predicted octanol–water partition coefficient (Wildman–Crippen LogP) is 6.35. The van der Waals surface area contributed by atoms with Crippen molar-refractivity contribution in [3.63, 3.8) is 0 Å². The van der Waals surface area contributed by atoms with Gasteiger partial charge in [0.2, 0.25) is 11.8 Å². The third-order valence-corrected chi connectivity index (χ3v) is 8.40. The van der Waals surface area contributed by atoms with Crippen LogP contribution < -0.4 is 5.32 Å². The smallest absolute Gasteiger partial charge is 0.247 e. The van der Waals surface area contributed by atoms with Crippen LogP contribution in [0.1, 0.15) is 29.5 Å². The summed E-state index contributed by atoms with van der Waals surface area (Å²) < 4.78 is 31.7. The van der Waals surface area contributed by atoms with Crippen LogP contribution >= 0.6 is 11.6 Å². The maximum atomic E-state index is 15.5. The number of hydrogen-bond acceptors (Lipinski definition) is 6. The molecule has 0 unspecified atom stereocenters. The van der Waals surface area contributed by atoms with E-state index in [-0.39, 0.29) is 42.3 Å². The number of phenols is 1. The number of amides is 2. The number of hydrogen-bond donors (Lipinski definition) is 2. The molecule has 2 atom stereocenters. The largest absolute Gasteiger partial charge is 0.507 e. The van der Waals surface area contributed by atoms with Gasteiger partial charge in [-0.3, -0.25) is 14.4 Å². The minimum absolute atomic E-state index is 0.120. The molecule has 0 saturated carbocycles. The highest BCUT2D eigenvalue weighted by Gasteiger charge is 2.40. The summed E-state index contributed by atoms with van der Waals surface area (Å²) in [6.07, 6.45) is 2.87. The summed E-state index contributed by atoms with van der Waals surface area (Å²) in [5.74, 6) is -1.88. The lowest BCUT2D eigenvalue weighted by atomic mass is 10.0. The summed E-state index contributed by atoms with van der Waals surface area (Å²) >= 11 is 6.25. The fraction of sp³-hybridized carbons (Fsp3) is 0.206. The Kier molecular flexibility index (Phi) is 8.26. The molecule has 9 nitrogen and oxygen atoms in total. The van der Waals surface area contributed by atoms with Crippen LogP contribution in [0.3, 0.4) is 0 Å². The minimum atomic E-state index is -1.48. The zero-order valence-corrected chi connectivity index (χ0v) is 25.6. The molecule has 1 aliphatic rings. The number of carbonyl (C=O) groups excluding carboxylic acids is 3. The maximum Gasteiger partial charge on any atom is 0.247 e. The van der Waals surface area contributed by atoms with Crippen molar-refractivity contribution in [1.82, 2.24) is 19.4 Å². The molecule has 46 heavy (non-hydrogen) atoms. The Hall–Kier alpha value is -5.16. The lowest BCUT2D eigenvalue weighted by molar-refractivity contribution is -0.137. The number of ketones is 1. The highest BCUT2D eigenvalue weighted by Crippen LogP contribution is 2.36. The minimum Gasteiger partial charge on any atom is -0.507 e. The Balaban J connectivity index is 1.27. The summed E-state index contributed by atoms with van der Waals surface area (Å²) in [4.78, 5) is 49.0. The third kappa shape index (κ3) is 5.81. The van der Waals surface area contributed by atoms with E-state index >= 15 is 4.39 Å². The fourth-order valence-electron chi connectivity index (χ4n) is 5.78. The molecular formula is C34H28ClF2N5O4. The Morgan fingerprint density at radius 2 is 1.76 bits per heavy atom. The Labute approximate surface area is 267 Å². The maximum absolute atomic E-state index is 15.5. The van der Waals surface area contributed by atoms with Gasteiger partial charge >= 0.3 is 0 Å². The number of halogens is 3. The molecule has 0 spiro atoms. The van der Waals surface area contributed by atoms with Crippen molar-refractivity contribution in [2.75, 3.05) is 11.9 Å². The van der Waals surface area contributed by atoms with Gasteiger partial charge in [-0.2, -0.15) is 0 Å². The van der Waals surface area contributed by atoms with Crippen LogP contribution in [-0.2, 0) is 16.1 Å². The highest BCUT2D eigenvalue weighted by atomic mass is 35.5. The molecule has 2 N–H and O–H groups in total. The first kappa shape index (κ1) is 30.8. The molecular weight excluding hydrogens is 616 g/mol. The zero-order chi connectivity index (χ0) is 32.7. The number of likely N-dealkylation sites (tertiary alicyclic amines) is 1. The van der Waals surface area contributed by atoms with E-state index in [2.05, 4.69) is 15.3 Å². The third-order valence-electron chi connectivity index (χ3n) is 8.07. The second kappa shape index (κ2) is 12.3. The number of carbonyl (C=O) groups is 3. The zero-order valence-electron chi connectivity index (χ0n) is 24.8. The summed E-state index contributed by atoms with van der Waals surface area (Å²) in [7, 11) is 0. The Morgan fingerprint density at radius 1 is 1.04 bits per heavy atom. The van der Waals surface area contributed by atoms with E-state index in [1.54, 1.807) is 55.7 Å². The van der Waals surface area contributed by atoms with Crippen molar-refractivity contribution in [2.24, 2.45) is 0 Å². The number of fused-ring (bicyclic) bond motifs is 1. The van der Waals surface area contributed by atoms with Crippen LogP contribution in [0.2, 0.25) is 5.02 Å². The summed E-state index contributed by atoms with van der Waals surface area (Å²) in [6, 6.07) is 13.0. The van der Waals surface area contributed by atoms with Crippen LogP contribution in [0.4, 0.5) is 14.5 Å². The first-order valence-electron chi connectivity index (χ1n) is 14.5. The fourth-order valence-corrected chi connectivity index (χ4v) is 6.01. The number of Topliss-reactive ketones (excluding diaryl/α,β-unsaturated/α-hetero) is 1. The van der Waals surface area contributed by atoms with Crippen molar-refractivity contribution in [2.45, 2.75) is 39.0 Å². The lowest BCUT2D eigenvalue weighted by Gasteiger charge is -2.24. The average Bonchev–Trinajstić information content (AvgIpc) is 3.59. The van der Waals surface area contributed by atoms with Crippen molar-refractivity contribution in [3.05, 3.63) is 95.4 Å². The normalized spacial score (nSPS) is 16.2. The second-order valence-electron chi connectivity index (χ2n) is 11.2. The van der Waals surface area contributed by atoms with Gasteiger partial charge in [0.1, 0.15) is 30.3 Å². The summed E-state index contributed by atoms with van der Waals surface area (Å²) in [5.41, 5.74) is 2.12. The number of anilines is 1. The van der Waals surface area contributed by atoms with Crippen molar-refractivity contribution < 1.29 is 28.3 Å². The van der Waals surface area contributed by atoms with E-state index in [9.17, 15) is 23.9 Å². The molecule has 6 rings (SSSR count). The van der Waals surface area contributed by atoms with E-state index < -0.39 is 29.8 Å². The first-order valence-corrected chi connectivity index (χ1v) is 14.8. The number of aromatic hydroxyl groups is 1. The number of aryl methyl sites for hydroxylation is 1. The number of rotatable bonds is 7. The molecule has 3 aromatic carbocycles. The molecule has 2 amide bonds. The summed E-state index contributed by atoms with van der Waals surface area (Å²) in [6.45, 7) is 2.44. The van der Waals surface area contributed by atoms with Gasteiger partial charge in [-0.1, -0.05) is 41.9 Å². The molecule has 1 saturated heterocycles. The number of nitrogens with one attached hydrogen (secondary N) is 1. The molecule has 0 bridgehead atoms. The molecule has 12 heteroatoms. The molecule has 1 aliphatic heterocycles. The van der Waals surface area contributed by atoms with Gasteiger partial charge in [-0.15, -0.1) is 0 Å². The number of nitrogens with zero attached hydrogens (tertiary/aromatic N) is 4. The lowest BCUT2D eigenvalue weighted by Crippen LogP contribution is -2.44. The first-order chi connectivity index (χ1) is 22.0. The second-order valence-corrected chi connectivity index (χ2v) is 11.6. The van der Waals surface area contributed by atoms with Crippen LogP contribution in [0.15, 0.2) is 73.2 Å². The van der Waals surface area contributed by atoms with E-state index in [1.165, 1.54) is 35.9 Å². The van der Waals surface area contributed by atoms with Gasteiger partial charge in [-0.05, 0) is 32.0 Å². The van der Waals surface area contributed by atoms with Crippen LogP contribution in [0.5, 0.6) is 5.75 Å². The van der Waals surface area contributed by atoms with Gasteiger partial charge in [0.25, 0.3) is 0 Å². The average molecular weight is 644 g/mol. The molecule has 0 radical (unpaired) electrons. The van der Waals surface area contributed by atoms with Crippen LogP contribution in [0.25, 0.3) is 33.2 Å². The van der Waals surface area contributed by atoms with E-state index in [0.29, 0.717) is 44.0 Å². The van der Waals surface area contributed by atoms with Crippen molar-refractivity contribution in [3.8, 4) is 28.0 Å². The van der Waals surface area contributed by atoms with E-state index in [1.807, 2.05) is 0 Å². The monoisotopic (exact) mass is 643 g/mol. The van der Waals surface area contributed by atoms with Crippen molar-refractivity contribution in [1.29, 1.82) is 0 Å². The Bertz CT molecular complexity index is 2010. The molecule has 0 aliphatic carbocycles. The van der Waals surface area contributed by atoms with E-state index in [0.717, 1.165) is 4.90 Å². The van der Waals surface area contributed by atoms with Crippen LogP contribution in [-0.4, -0.2) is 60.9 Å². The molecule has 1 fully saturated rings. The SMILES string of the molecule is CC(=O)c1cn(CC(=O)N2C[C@H](F)C[C@H]2C(=O)Nc2cccc(-c3ccccc3Cl)c2F)c2cc(O)c(-c3cnc(C)nc3)cc12.